The summed E-state index contributed by atoms with van der Waals surface area (Å²) >= 11 is 0. The number of alkyl carbamates (subject to hydrolysis) is 2. The minimum Gasteiger partial charge on any atom is -0.472 e. The molecule has 2 saturated heterocycles. The molecule has 4 amide bonds. The standard InChI is InChI=1S/C43H46F5N9O7/c1-20(2)33(53-40(60)62-5)38(58)55-17-42(45,46)13-29(55)36-49-15-26(51-36)22-8-10-28-25(11-22)32(44)35-24-9-7-23(12-31(24)64-19-57(28)35)27-16-50-37(52-27)30-14-43(47,48)18-56(30)39(59)34(21(3)4)54-41(61)63-6/h7-12,15-16,20-21,29-30,33-34H,13-14,17-19H2,1-6H3,(H,49,51)(H,50,52)(H,53,60)(H,54,61)/t29-,30-,33-,34-/m0/s1. The van der Waals surface area contributed by atoms with Crippen LogP contribution in [0, 0.1) is 17.7 Å². The van der Waals surface area contributed by atoms with Gasteiger partial charge in [-0.25, -0.2) is 41.5 Å². The minimum atomic E-state index is -3.22. The van der Waals surface area contributed by atoms with Crippen LogP contribution in [-0.2, 0) is 25.8 Å². The predicted octanol–water partition coefficient (Wildman–Crippen LogP) is 7.16. The minimum absolute atomic E-state index is 0.0548. The van der Waals surface area contributed by atoms with Gasteiger partial charge in [0, 0.05) is 34.9 Å². The number of benzene rings is 2. The van der Waals surface area contributed by atoms with Gasteiger partial charge in [-0.1, -0.05) is 39.8 Å². The van der Waals surface area contributed by atoms with Crippen molar-refractivity contribution in [1.29, 1.82) is 0 Å². The molecule has 8 rings (SSSR count). The van der Waals surface area contributed by atoms with Crippen LogP contribution in [0.2, 0.25) is 0 Å². The van der Waals surface area contributed by atoms with E-state index in [0.29, 0.717) is 39.3 Å². The van der Waals surface area contributed by atoms with E-state index in [2.05, 4.69) is 40.0 Å². The van der Waals surface area contributed by atoms with E-state index in [1.54, 1.807) is 68.7 Å². The lowest BCUT2D eigenvalue weighted by molar-refractivity contribution is -0.137. The molecule has 0 radical (unpaired) electrons. The number of halogens is 5. The zero-order chi connectivity index (χ0) is 46.0. The summed E-state index contributed by atoms with van der Waals surface area (Å²) in [6.45, 7) is 4.90. The number of H-pyrrole nitrogens is 2. The van der Waals surface area contributed by atoms with Gasteiger partial charge in [0.25, 0.3) is 11.8 Å². The summed E-state index contributed by atoms with van der Waals surface area (Å²) in [7, 11) is 2.27. The van der Waals surface area contributed by atoms with E-state index in [-0.39, 0.29) is 29.5 Å². The van der Waals surface area contributed by atoms with Gasteiger partial charge in [0.1, 0.15) is 29.5 Å². The number of amides is 4. The summed E-state index contributed by atoms with van der Waals surface area (Å²) in [5.41, 5.74) is 3.07. The van der Waals surface area contributed by atoms with Gasteiger partial charge in [-0.15, -0.1) is 0 Å². The number of nitrogens with zero attached hydrogens (tertiary/aromatic N) is 5. The maximum atomic E-state index is 16.6. The number of likely N-dealkylation sites (tertiary alicyclic amines) is 2. The van der Waals surface area contributed by atoms with Crippen LogP contribution < -0.4 is 15.4 Å². The molecule has 4 N–H and O–H groups in total. The quantitative estimate of drug-likeness (QED) is 0.106. The number of methoxy groups -OCH3 is 2. The van der Waals surface area contributed by atoms with Gasteiger partial charge in [-0.05, 0) is 36.1 Å². The molecule has 0 bridgehead atoms. The summed E-state index contributed by atoms with van der Waals surface area (Å²) in [6, 6.07) is 5.53. The summed E-state index contributed by atoms with van der Waals surface area (Å²) in [4.78, 5) is 68.0. The van der Waals surface area contributed by atoms with E-state index in [0.717, 1.165) is 24.0 Å². The second-order valence-electron chi connectivity index (χ2n) is 17.0. The van der Waals surface area contributed by atoms with Crippen molar-refractivity contribution in [3.8, 4) is 39.5 Å². The van der Waals surface area contributed by atoms with E-state index in [1.165, 1.54) is 12.4 Å². The molecule has 3 aliphatic rings. The Morgan fingerprint density at radius 1 is 0.766 bits per heavy atom. The third-order valence-corrected chi connectivity index (χ3v) is 11.9. The van der Waals surface area contributed by atoms with Crippen molar-refractivity contribution in [3.63, 3.8) is 0 Å². The number of carbonyl (C=O) groups is 4. The molecule has 0 saturated carbocycles. The van der Waals surface area contributed by atoms with Gasteiger partial charge >= 0.3 is 12.2 Å². The molecule has 16 nitrogen and oxygen atoms in total. The largest absolute Gasteiger partial charge is 0.472 e. The molecule has 0 aliphatic carbocycles. The van der Waals surface area contributed by atoms with Gasteiger partial charge in [-0.2, -0.15) is 0 Å². The molecule has 3 aliphatic heterocycles. The normalized spacial score (nSPS) is 19.6. The molecule has 6 heterocycles. The van der Waals surface area contributed by atoms with Crippen LogP contribution in [0.1, 0.15) is 64.3 Å². The highest BCUT2D eigenvalue weighted by Crippen LogP contribution is 2.45. The van der Waals surface area contributed by atoms with E-state index in [9.17, 15) is 36.7 Å². The first-order chi connectivity index (χ1) is 30.3. The van der Waals surface area contributed by atoms with Crippen molar-refractivity contribution in [2.75, 3.05) is 27.3 Å². The molecule has 5 aromatic rings. The van der Waals surface area contributed by atoms with Gasteiger partial charge in [-0.3, -0.25) is 9.59 Å². The van der Waals surface area contributed by atoms with Crippen LogP contribution in [0.25, 0.3) is 44.7 Å². The third kappa shape index (κ3) is 8.06. The number of fused-ring (bicyclic) bond motifs is 5. The lowest BCUT2D eigenvalue weighted by Crippen LogP contribution is -2.51. The highest BCUT2D eigenvalue weighted by atomic mass is 19.3. The Morgan fingerprint density at radius 3 is 1.73 bits per heavy atom. The first-order valence-electron chi connectivity index (χ1n) is 20.5. The lowest BCUT2D eigenvalue weighted by Gasteiger charge is -2.29. The zero-order valence-corrected chi connectivity index (χ0v) is 35.6. The SMILES string of the molecule is COC(=O)N[C@H](C(=O)N1CC(F)(F)C[C@H]1c1ncc(-c2ccc3c(c2)OCn2c-3c(F)c3cc(-c4cnc([C@@H]5CC(F)(F)CN5C(=O)[C@@H](NC(=O)OC)C(C)C)[nH]4)ccc32)[nH]1)C(C)C. The van der Waals surface area contributed by atoms with Crippen molar-refractivity contribution in [1.82, 2.24) is 44.9 Å². The maximum Gasteiger partial charge on any atom is 0.407 e. The van der Waals surface area contributed by atoms with Crippen molar-refractivity contribution in [2.24, 2.45) is 11.8 Å². The first kappa shape index (κ1) is 44.0. The molecule has 4 atom stereocenters. The molecule has 64 heavy (non-hydrogen) atoms. The summed E-state index contributed by atoms with van der Waals surface area (Å²) < 4.78 is 93.2. The Kier molecular flexibility index (Phi) is 11.3. The number of ether oxygens (including phenoxy) is 3. The van der Waals surface area contributed by atoms with Crippen LogP contribution in [-0.4, -0.2) is 110 Å². The highest BCUT2D eigenvalue weighted by molar-refractivity contribution is 5.93. The second kappa shape index (κ2) is 16.5. The Balaban J connectivity index is 1.04. The Hall–Kier alpha value is -6.67. The third-order valence-electron chi connectivity index (χ3n) is 11.9. The number of aromatic nitrogens is 5. The fraction of sp³-hybridized carbons (Fsp3) is 0.442. The number of carbonyl (C=O) groups excluding carboxylic acids is 4. The lowest BCUT2D eigenvalue weighted by atomic mass is 10.0. The molecular formula is C43H46F5N9O7. The van der Waals surface area contributed by atoms with Crippen molar-refractivity contribution in [3.05, 3.63) is 66.3 Å². The second-order valence-corrected chi connectivity index (χ2v) is 17.0. The number of hydrogen-bond donors (Lipinski definition) is 4. The van der Waals surface area contributed by atoms with Crippen LogP contribution in [0.3, 0.4) is 0 Å². The van der Waals surface area contributed by atoms with Crippen LogP contribution >= 0.6 is 0 Å². The van der Waals surface area contributed by atoms with E-state index in [1.807, 2.05) is 0 Å². The molecule has 3 aromatic heterocycles. The number of alkyl halides is 4. The van der Waals surface area contributed by atoms with Crippen molar-refractivity contribution < 1.29 is 55.3 Å². The average molecular weight is 896 g/mol. The number of rotatable bonds is 10. The predicted molar refractivity (Wildman–Crippen MR) is 219 cm³/mol. The van der Waals surface area contributed by atoms with Gasteiger partial charge in [0.05, 0.1) is 74.4 Å². The average Bonchev–Trinajstić information content (AvgIpc) is 4.10. The maximum absolute atomic E-state index is 16.6. The fourth-order valence-corrected chi connectivity index (χ4v) is 8.67. The summed E-state index contributed by atoms with van der Waals surface area (Å²) in [5, 5.41) is 5.12. The van der Waals surface area contributed by atoms with Gasteiger partial charge in [0.15, 0.2) is 12.5 Å². The van der Waals surface area contributed by atoms with Crippen molar-refractivity contribution >= 4 is 34.9 Å². The molecule has 21 heteroatoms. The highest BCUT2D eigenvalue weighted by Gasteiger charge is 2.52. The van der Waals surface area contributed by atoms with E-state index >= 15 is 4.39 Å². The molecule has 2 aromatic carbocycles. The number of imidazole rings is 2. The number of hydrogen-bond acceptors (Lipinski definition) is 9. The first-order valence-corrected chi connectivity index (χ1v) is 20.5. The van der Waals surface area contributed by atoms with E-state index in [4.69, 9.17) is 4.74 Å². The van der Waals surface area contributed by atoms with Gasteiger partial charge in [0.2, 0.25) is 11.8 Å². The van der Waals surface area contributed by atoms with Gasteiger partial charge < -0.3 is 49.2 Å². The fourth-order valence-electron chi connectivity index (χ4n) is 8.67. The smallest absolute Gasteiger partial charge is 0.407 e. The van der Waals surface area contributed by atoms with Crippen LogP contribution in [0.5, 0.6) is 5.75 Å². The van der Waals surface area contributed by atoms with E-state index < -0.39 is 104 Å². The molecule has 2 fully saturated rings. The number of aromatic amines is 2. The topological polar surface area (TPSA) is 189 Å². The summed E-state index contributed by atoms with van der Waals surface area (Å²) in [6.07, 6.45) is -0.256. The Morgan fingerprint density at radius 2 is 1.25 bits per heavy atom. The molecule has 0 unspecified atom stereocenters. The molecular weight excluding hydrogens is 850 g/mol. The Labute approximate surface area is 362 Å². The van der Waals surface area contributed by atoms with Crippen molar-refractivity contribution in [2.45, 2.75) is 83.3 Å². The molecule has 340 valence electrons. The van der Waals surface area contributed by atoms with Crippen LogP contribution in [0.4, 0.5) is 31.5 Å². The molecule has 0 spiro atoms. The van der Waals surface area contributed by atoms with Crippen LogP contribution in [0.15, 0.2) is 48.8 Å². The zero-order valence-electron chi connectivity index (χ0n) is 35.6. The summed E-state index contributed by atoms with van der Waals surface area (Å²) in [5.74, 6) is -8.72. The number of nitrogens with one attached hydrogen (secondary N) is 4. The Bertz CT molecular complexity index is 2640. The monoisotopic (exact) mass is 895 g/mol.